The van der Waals surface area contributed by atoms with Gasteiger partial charge in [0.15, 0.2) is 5.65 Å². The molecule has 0 unspecified atom stereocenters. The smallest absolute Gasteiger partial charge is 0.228 e. The van der Waals surface area contributed by atoms with Gasteiger partial charge in [0.25, 0.3) is 0 Å². The van der Waals surface area contributed by atoms with Crippen LogP contribution in [0.3, 0.4) is 0 Å². The van der Waals surface area contributed by atoms with Crippen molar-refractivity contribution in [1.82, 2.24) is 34.3 Å². The molecule has 0 bridgehead atoms. The zero-order chi connectivity index (χ0) is 21.4. The van der Waals surface area contributed by atoms with Crippen molar-refractivity contribution in [3.8, 4) is 11.3 Å². The molecule has 0 saturated carbocycles. The zero-order valence-corrected chi connectivity index (χ0v) is 16.4. The summed E-state index contributed by atoms with van der Waals surface area (Å²) in [7, 11) is 1.82. The Morgan fingerprint density at radius 2 is 1.81 bits per heavy atom. The van der Waals surface area contributed by atoms with Gasteiger partial charge in [0.2, 0.25) is 5.95 Å². The summed E-state index contributed by atoms with van der Waals surface area (Å²) < 4.78 is 30.4. The number of nitrogens with zero attached hydrogens (tertiary/aromatic N) is 7. The number of halogens is 2. The topological polar surface area (TPSA) is 85.8 Å². The van der Waals surface area contributed by atoms with E-state index in [9.17, 15) is 8.78 Å². The third kappa shape index (κ3) is 3.82. The minimum Gasteiger partial charge on any atom is -0.309 e. The SMILES string of the molecule is Cn1nccc1Nc1nccc(-c2ccn3c(Cc4cc(F)cc(F)c4)nnc3c2)n1. The van der Waals surface area contributed by atoms with Gasteiger partial charge < -0.3 is 5.32 Å². The normalized spacial score (nSPS) is 11.2. The van der Waals surface area contributed by atoms with Crippen LogP contribution in [0.15, 0.2) is 61.1 Å². The predicted molar refractivity (Wildman–Crippen MR) is 110 cm³/mol. The number of nitrogens with one attached hydrogen (secondary N) is 1. The lowest BCUT2D eigenvalue weighted by Crippen LogP contribution is -2.03. The van der Waals surface area contributed by atoms with Crippen molar-refractivity contribution in [3.05, 3.63) is 84.1 Å². The number of rotatable bonds is 5. The van der Waals surface area contributed by atoms with Crippen LogP contribution >= 0.6 is 0 Å². The van der Waals surface area contributed by atoms with Crippen molar-refractivity contribution in [2.24, 2.45) is 7.05 Å². The van der Waals surface area contributed by atoms with Gasteiger partial charge in [0.05, 0.1) is 11.9 Å². The van der Waals surface area contributed by atoms with Crippen molar-refractivity contribution in [2.75, 3.05) is 5.32 Å². The molecule has 0 aliphatic rings. The summed E-state index contributed by atoms with van der Waals surface area (Å²) in [6.45, 7) is 0. The summed E-state index contributed by atoms with van der Waals surface area (Å²) in [5.74, 6) is 0.545. The Labute approximate surface area is 175 Å². The van der Waals surface area contributed by atoms with Gasteiger partial charge in [-0.3, -0.25) is 9.08 Å². The van der Waals surface area contributed by atoms with E-state index in [1.165, 1.54) is 12.1 Å². The van der Waals surface area contributed by atoms with Gasteiger partial charge in [0, 0.05) is 43.6 Å². The quantitative estimate of drug-likeness (QED) is 0.470. The molecule has 5 rings (SSSR count). The van der Waals surface area contributed by atoms with E-state index >= 15 is 0 Å². The third-order valence-corrected chi connectivity index (χ3v) is 4.78. The lowest BCUT2D eigenvalue weighted by molar-refractivity contribution is 0.580. The summed E-state index contributed by atoms with van der Waals surface area (Å²) >= 11 is 0. The number of hydrogen-bond acceptors (Lipinski definition) is 6. The fourth-order valence-corrected chi connectivity index (χ4v) is 3.31. The molecule has 31 heavy (non-hydrogen) atoms. The largest absolute Gasteiger partial charge is 0.309 e. The molecule has 1 aromatic carbocycles. The highest BCUT2D eigenvalue weighted by Crippen LogP contribution is 2.21. The third-order valence-electron chi connectivity index (χ3n) is 4.78. The monoisotopic (exact) mass is 418 g/mol. The number of fused-ring (bicyclic) bond motifs is 1. The molecule has 0 spiro atoms. The van der Waals surface area contributed by atoms with Crippen LogP contribution in [0.1, 0.15) is 11.4 Å². The Kier molecular flexibility index (Phi) is 4.58. The van der Waals surface area contributed by atoms with Gasteiger partial charge in [-0.05, 0) is 35.9 Å². The second kappa shape index (κ2) is 7.56. The molecule has 0 radical (unpaired) electrons. The molecule has 0 atom stereocenters. The lowest BCUT2D eigenvalue weighted by atomic mass is 10.1. The number of aryl methyl sites for hydroxylation is 1. The van der Waals surface area contributed by atoms with E-state index in [4.69, 9.17) is 0 Å². The molecule has 5 aromatic rings. The Morgan fingerprint density at radius 3 is 2.58 bits per heavy atom. The minimum atomic E-state index is -0.620. The van der Waals surface area contributed by atoms with Gasteiger partial charge in [-0.1, -0.05) is 0 Å². The molecule has 8 nitrogen and oxygen atoms in total. The van der Waals surface area contributed by atoms with Crippen LogP contribution in [0.2, 0.25) is 0 Å². The maximum atomic E-state index is 13.5. The van der Waals surface area contributed by atoms with Crippen LogP contribution < -0.4 is 5.32 Å². The second-order valence-corrected chi connectivity index (χ2v) is 6.94. The Balaban J connectivity index is 1.43. The van der Waals surface area contributed by atoms with Crippen LogP contribution in [-0.4, -0.2) is 34.3 Å². The summed E-state index contributed by atoms with van der Waals surface area (Å²) in [5.41, 5.74) is 2.62. The number of benzene rings is 1. The number of hydrogen-bond donors (Lipinski definition) is 1. The average molecular weight is 418 g/mol. The summed E-state index contributed by atoms with van der Waals surface area (Å²) in [6.07, 6.45) is 5.41. The van der Waals surface area contributed by atoms with E-state index in [0.29, 0.717) is 28.7 Å². The highest BCUT2D eigenvalue weighted by atomic mass is 19.1. The van der Waals surface area contributed by atoms with Crippen LogP contribution in [0.4, 0.5) is 20.5 Å². The lowest BCUT2D eigenvalue weighted by Gasteiger charge is -2.07. The van der Waals surface area contributed by atoms with Gasteiger partial charge in [-0.25, -0.2) is 18.7 Å². The molecule has 0 fully saturated rings. The zero-order valence-electron chi connectivity index (χ0n) is 16.4. The van der Waals surface area contributed by atoms with E-state index < -0.39 is 11.6 Å². The second-order valence-electron chi connectivity index (χ2n) is 6.94. The van der Waals surface area contributed by atoms with Crippen LogP contribution in [0, 0.1) is 11.6 Å². The van der Waals surface area contributed by atoms with E-state index in [2.05, 4.69) is 30.6 Å². The molecule has 10 heteroatoms. The standard InChI is InChI=1S/C21H16F2N8/c1-30-18(3-6-25-30)27-21-24-5-2-17(26-21)14-4-7-31-19(28-29-20(31)11-14)10-13-8-15(22)12-16(23)9-13/h2-9,11-12H,10H2,1H3,(H,24,26,27). The first-order valence-electron chi connectivity index (χ1n) is 9.42. The number of anilines is 2. The van der Waals surface area contributed by atoms with E-state index in [-0.39, 0.29) is 6.42 Å². The summed E-state index contributed by atoms with van der Waals surface area (Å²) in [6, 6.07) is 10.8. The maximum absolute atomic E-state index is 13.5. The first kappa shape index (κ1) is 18.8. The molecule has 1 N–H and O–H groups in total. The molecule has 0 amide bonds. The van der Waals surface area contributed by atoms with E-state index in [1.54, 1.807) is 27.5 Å². The first-order chi connectivity index (χ1) is 15.0. The number of pyridine rings is 1. The Bertz CT molecular complexity index is 1370. The van der Waals surface area contributed by atoms with Crippen molar-refractivity contribution in [3.63, 3.8) is 0 Å². The summed E-state index contributed by atoms with van der Waals surface area (Å²) in [5, 5.41) is 15.6. The first-order valence-corrected chi connectivity index (χ1v) is 9.42. The molecule has 0 aliphatic heterocycles. The summed E-state index contributed by atoms with van der Waals surface area (Å²) in [4.78, 5) is 8.81. The van der Waals surface area contributed by atoms with Gasteiger partial charge in [0.1, 0.15) is 23.3 Å². The fraction of sp³-hybridized carbons (Fsp3) is 0.0952. The molecule has 4 aromatic heterocycles. The average Bonchev–Trinajstić information content (AvgIpc) is 3.33. The van der Waals surface area contributed by atoms with E-state index in [1.807, 2.05) is 31.4 Å². The van der Waals surface area contributed by atoms with Crippen LogP contribution in [-0.2, 0) is 13.5 Å². The van der Waals surface area contributed by atoms with Crippen molar-refractivity contribution in [1.29, 1.82) is 0 Å². The van der Waals surface area contributed by atoms with Gasteiger partial charge >= 0.3 is 0 Å². The van der Waals surface area contributed by atoms with Gasteiger partial charge in [-0.2, -0.15) is 5.10 Å². The van der Waals surface area contributed by atoms with Crippen LogP contribution in [0.5, 0.6) is 0 Å². The molecule has 154 valence electrons. The molecular weight excluding hydrogens is 402 g/mol. The minimum absolute atomic E-state index is 0.251. The van der Waals surface area contributed by atoms with Crippen molar-refractivity contribution in [2.45, 2.75) is 6.42 Å². The predicted octanol–water partition coefficient (Wildman–Crippen LogP) is 3.53. The van der Waals surface area contributed by atoms with Gasteiger partial charge in [-0.15, -0.1) is 10.2 Å². The molecular formula is C21H16F2N8. The fourth-order valence-electron chi connectivity index (χ4n) is 3.31. The Hall–Kier alpha value is -4.21. The molecule has 0 saturated heterocycles. The van der Waals surface area contributed by atoms with E-state index in [0.717, 1.165) is 17.4 Å². The highest BCUT2D eigenvalue weighted by molar-refractivity contribution is 5.65. The molecule has 0 aliphatic carbocycles. The van der Waals surface area contributed by atoms with Crippen LogP contribution in [0.25, 0.3) is 16.9 Å². The van der Waals surface area contributed by atoms with Crippen molar-refractivity contribution < 1.29 is 8.78 Å². The Morgan fingerprint density at radius 1 is 0.968 bits per heavy atom. The highest BCUT2D eigenvalue weighted by Gasteiger charge is 2.11. The number of aromatic nitrogens is 7. The molecule has 4 heterocycles. The van der Waals surface area contributed by atoms with Crippen molar-refractivity contribution >= 4 is 17.4 Å². The maximum Gasteiger partial charge on any atom is 0.228 e.